The lowest BCUT2D eigenvalue weighted by molar-refractivity contribution is 0.186. The zero-order chi connectivity index (χ0) is 20.8. The number of anilines is 2. The van der Waals surface area contributed by atoms with Gasteiger partial charge < -0.3 is 19.3 Å². The second kappa shape index (κ2) is 7.84. The minimum atomic E-state index is 0.643. The molecule has 3 aromatic rings. The van der Waals surface area contributed by atoms with Crippen molar-refractivity contribution in [2.24, 2.45) is 5.92 Å². The number of benzene rings is 1. The fourth-order valence-electron chi connectivity index (χ4n) is 5.00. The molecule has 1 unspecified atom stereocenters. The number of nitrogens with zero attached hydrogens (tertiary/aromatic N) is 5. The molecule has 3 aliphatic rings. The molecule has 0 saturated carbocycles. The highest BCUT2D eigenvalue weighted by molar-refractivity contribution is 7.21. The summed E-state index contributed by atoms with van der Waals surface area (Å²) >= 11 is 1.94. The zero-order valence-electron chi connectivity index (χ0n) is 17.8. The van der Waals surface area contributed by atoms with Crippen molar-refractivity contribution in [1.82, 2.24) is 14.8 Å². The topological polar surface area (TPSA) is 55.7 Å². The SMILES string of the molecule is COc1ccc(CN2Cn3ncnc3-c3c2sc2c3CCCN2CC2CCOC2)cc1. The molecule has 0 aliphatic carbocycles. The minimum Gasteiger partial charge on any atom is -0.497 e. The molecule has 2 aromatic heterocycles. The summed E-state index contributed by atoms with van der Waals surface area (Å²) in [5, 5.41) is 7.28. The van der Waals surface area contributed by atoms with Gasteiger partial charge in [-0.05, 0) is 42.5 Å². The van der Waals surface area contributed by atoms with E-state index in [0.29, 0.717) is 5.92 Å². The van der Waals surface area contributed by atoms with Crippen LogP contribution in [-0.4, -0.2) is 48.2 Å². The number of aromatic nitrogens is 3. The van der Waals surface area contributed by atoms with E-state index in [2.05, 4.69) is 32.0 Å². The van der Waals surface area contributed by atoms with Crippen LogP contribution in [0.15, 0.2) is 30.6 Å². The van der Waals surface area contributed by atoms with Crippen LogP contribution in [0.3, 0.4) is 0 Å². The second-order valence-corrected chi connectivity index (χ2v) is 9.59. The van der Waals surface area contributed by atoms with Crippen LogP contribution in [-0.2, 0) is 24.4 Å². The number of hydrogen-bond acceptors (Lipinski definition) is 7. The highest BCUT2D eigenvalue weighted by Crippen LogP contribution is 2.51. The lowest BCUT2D eigenvalue weighted by Crippen LogP contribution is -2.33. The van der Waals surface area contributed by atoms with Crippen LogP contribution in [0, 0.1) is 5.92 Å². The van der Waals surface area contributed by atoms with E-state index in [1.807, 2.05) is 28.2 Å². The standard InChI is InChI=1S/C23H27N5O2S/c1-29-18-6-4-16(5-7-18)11-27-15-28-21(24-14-25-28)20-19-3-2-9-26(22(19)31-23(20)27)12-17-8-10-30-13-17/h4-7,14,17H,2-3,8-13,15H2,1H3. The summed E-state index contributed by atoms with van der Waals surface area (Å²) in [7, 11) is 1.71. The van der Waals surface area contributed by atoms with Gasteiger partial charge >= 0.3 is 0 Å². The molecule has 1 fully saturated rings. The van der Waals surface area contributed by atoms with Gasteiger partial charge in [0.15, 0.2) is 5.82 Å². The average molecular weight is 438 g/mol. The fraction of sp³-hybridized carbons (Fsp3) is 0.478. The van der Waals surface area contributed by atoms with E-state index in [1.165, 1.54) is 39.5 Å². The normalized spacial score (nSPS) is 19.8. The van der Waals surface area contributed by atoms with Gasteiger partial charge in [-0.15, -0.1) is 0 Å². The van der Waals surface area contributed by atoms with Gasteiger partial charge in [0, 0.05) is 32.2 Å². The molecule has 162 valence electrons. The molecule has 1 saturated heterocycles. The molecule has 1 atom stereocenters. The molecule has 5 heterocycles. The van der Waals surface area contributed by atoms with Crippen molar-refractivity contribution in [2.75, 3.05) is 43.2 Å². The summed E-state index contributed by atoms with van der Waals surface area (Å²) in [6, 6.07) is 8.36. The smallest absolute Gasteiger partial charge is 0.163 e. The number of methoxy groups -OCH3 is 1. The first-order valence-electron chi connectivity index (χ1n) is 11.0. The van der Waals surface area contributed by atoms with E-state index in [9.17, 15) is 0 Å². The average Bonchev–Trinajstić information content (AvgIpc) is 3.54. The van der Waals surface area contributed by atoms with Gasteiger partial charge in [-0.25, -0.2) is 9.67 Å². The molecule has 0 N–H and O–H groups in total. The van der Waals surface area contributed by atoms with Crippen molar-refractivity contribution in [1.29, 1.82) is 0 Å². The predicted molar refractivity (Wildman–Crippen MR) is 122 cm³/mol. The summed E-state index contributed by atoms with van der Waals surface area (Å²) in [5.74, 6) is 2.55. The quantitative estimate of drug-likeness (QED) is 0.606. The summed E-state index contributed by atoms with van der Waals surface area (Å²) < 4.78 is 13.0. The molecule has 0 amide bonds. The second-order valence-electron chi connectivity index (χ2n) is 8.62. The Balaban J connectivity index is 1.36. The molecule has 3 aliphatic heterocycles. The number of hydrogen-bond donors (Lipinski definition) is 0. The fourth-order valence-corrected chi connectivity index (χ4v) is 6.38. The largest absolute Gasteiger partial charge is 0.497 e. The van der Waals surface area contributed by atoms with E-state index in [0.717, 1.165) is 57.5 Å². The zero-order valence-corrected chi connectivity index (χ0v) is 18.6. The third-order valence-corrected chi connectivity index (χ3v) is 7.93. The van der Waals surface area contributed by atoms with E-state index in [-0.39, 0.29) is 0 Å². The maximum Gasteiger partial charge on any atom is 0.163 e. The monoisotopic (exact) mass is 437 g/mol. The summed E-state index contributed by atoms with van der Waals surface area (Å²) in [5.41, 5.74) is 4.02. The molecule has 7 nitrogen and oxygen atoms in total. The summed E-state index contributed by atoms with van der Waals surface area (Å²) in [6.45, 7) is 5.60. The first-order valence-corrected chi connectivity index (χ1v) is 11.9. The van der Waals surface area contributed by atoms with Crippen molar-refractivity contribution < 1.29 is 9.47 Å². The Labute approximate surface area is 186 Å². The first-order chi connectivity index (χ1) is 15.3. The molecule has 0 radical (unpaired) electrons. The van der Waals surface area contributed by atoms with Crippen molar-refractivity contribution >= 4 is 21.3 Å². The highest BCUT2D eigenvalue weighted by Gasteiger charge is 2.34. The predicted octanol–water partition coefficient (Wildman–Crippen LogP) is 3.78. The van der Waals surface area contributed by atoms with Crippen molar-refractivity contribution in [3.63, 3.8) is 0 Å². The van der Waals surface area contributed by atoms with E-state index < -0.39 is 0 Å². The Hall–Kier alpha value is -2.58. The van der Waals surface area contributed by atoms with Crippen LogP contribution in [0.5, 0.6) is 5.75 Å². The molecular formula is C23H27N5O2S. The van der Waals surface area contributed by atoms with E-state index in [1.54, 1.807) is 13.4 Å². The Bertz CT molecular complexity index is 1070. The Morgan fingerprint density at radius 2 is 2.10 bits per heavy atom. The number of ether oxygens (including phenoxy) is 2. The molecular weight excluding hydrogens is 410 g/mol. The van der Waals surface area contributed by atoms with Gasteiger partial charge in [0.2, 0.25) is 0 Å². The van der Waals surface area contributed by atoms with Crippen LogP contribution in [0.4, 0.5) is 10.0 Å². The van der Waals surface area contributed by atoms with Crippen LogP contribution >= 0.6 is 11.3 Å². The third-order valence-electron chi connectivity index (χ3n) is 6.58. The molecule has 0 bridgehead atoms. The number of thiophene rings is 1. The summed E-state index contributed by atoms with van der Waals surface area (Å²) in [4.78, 5) is 9.70. The van der Waals surface area contributed by atoms with E-state index in [4.69, 9.17) is 9.47 Å². The van der Waals surface area contributed by atoms with Gasteiger partial charge in [-0.2, -0.15) is 5.10 Å². The Morgan fingerprint density at radius 1 is 1.19 bits per heavy atom. The van der Waals surface area contributed by atoms with Gasteiger partial charge in [0.1, 0.15) is 23.7 Å². The van der Waals surface area contributed by atoms with Gasteiger partial charge in [0.05, 0.1) is 24.3 Å². The Kier molecular flexibility index (Phi) is 4.84. The maximum atomic E-state index is 5.64. The van der Waals surface area contributed by atoms with Crippen molar-refractivity contribution in [2.45, 2.75) is 32.5 Å². The van der Waals surface area contributed by atoms with Gasteiger partial charge in [-0.1, -0.05) is 23.5 Å². The third kappa shape index (κ3) is 3.38. The molecule has 1 aromatic carbocycles. The van der Waals surface area contributed by atoms with E-state index >= 15 is 0 Å². The van der Waals surface area contributed by atoms with Crippen LogP contribution in [0.2, 0.25) is 0 Å². The lowest BCUT2D eigenvalue weighted by atomic mass is 10.00. The first kappa shape index (κ1) is 19.1. The van der Waals surface area contributed by atoms with Crippen LogP contribution < -0.4 is 14.5 Å². The minimum absolute atomic E-state index is 0.643. The maximum absolute atomic E-state index is 5.64. The molecule has 8 heteroatoms. The lowest BCUT2D eigenvalue weighted by Gasteiger charge is -2.31. The van der Waals surface area contributed by atoms with Crippen molar-refractivity contribution in [3.8, 4) is 17.1 Å². The van der Waals surface area contributed by atoms with Gasteiger partial charge in [-0.3, -0.25) is 0 Å². The number of rotatable bonds is 5. The molecule has 0 spiro atoms. The Morgan fingerprint density at radius 3 is 2.90 bits per heavy atom. The molecule has 6 rings (SSSR count). The molecule has 31 heavy (non-hydrogen) atoms. The highest BCUT2D eigenvalue weighted by atomic mass is 32.1. The van der Waals surface area contributed by atoms with Crippen molar-refractivity contribution in [3.05, 3.63) is 41.7 Å². The van der Waals surface area contributed by atoms with Crippen LogP contribution in [0.1, 0.15) is 24.0 Å². The van der Waals surface area contributed by atoms with Crippen LogP contribution in [0.25, 0.3) is 11.4 Å². The number of fused-ring (bicyclic) bond motifs is 5. The summed E-state index contributed by atoms with van der Waals surface area (Å²) in [6.07, 6.45) is 5.17. The van der Waals surface area contributed by atoms with Gasteiger partial charge in [0.25, 0.3) is 0 Å².